The summed E-state index contributed by atoms with van der Waals surface area (Å²) in [5.41, 5.74) is 0. The fraction of sp³-hybridized carbons (Fsp3) is 1.00. The number of rotatable bonds is 9. The summed E-state index contributed by atoms with van der Waals surface area (Å²) in [4.78, 5) is 0. The summed E-state index contributed by atoms with van der Waals surface area (Å²) in [5.74, 6) is 4.17. The van der Waals surface area contributed by atoms with Crippen LogP contribution in [-0.4, -0.2) is 36.3 Å². The lowest BCUT2D eigenvalue weighted by Crippen LogP contribution is -2.13. The predicted octanol–water partition coefficient (Wildman–Crippen LogP) is 4.29. The van der Waals surface area contributed by atoms with Gasteiger partial charge in [0.1, 0.15) is 0 Å². The molecule has 0 amide bonds. The highest BCUT2D eigenvalue weighted by atomic mass is 32.2. The molecule has 2 atom stereocenters. The lowest BCUT2D eigenvalue weighted by Gasteiger charge is -2.18. The Hall–Kier alpha value is 2.45. The molecule has 98 valence electrons. The van der Waals surface area contributed by atoms with Gasteiger partial charge in [0, 0.05) is 17.3 Å². The Morgan fingerprint density at radius 1 is 1.06 bits per heavy atom. The van der Waals surface area contributed by atoms with Crippen molar-refractivity contribution in [2.45, 2.75) is 27.1 Å². The quantitative estimate of drug-likeness (QED) is 0.361. The van der Waals surface area contributed by atoms with Crippen LogP contribution in [0.2, 0.25) is 0 Å². The highest BCUT2D eigenvalue weighted by molar-refractivity contribution is 8.14. The van der Waals surface area contributed by atoms with Crippen molar-refractivity contribution in [2.75, 3.05) is 23.0 Å². The highest BCUT2D eigenvalue weighted by Crippen LogP contribution is 2.30. The topological polar surface area (TPSA) is 0 Å². The van der Waals surface area contributed by atoms with E-state index in [4.69, 9.17) is 0 Å². The molecule has 0 saturated heterocycles. The van der Waals surface area contributed by atoms with Gasteiger partial charge in [-0.1, -0.05) is 6.92 Å². The highest BCUT2D eigenvalue weighted by Gasteiger charge is 2.15. The van der Waals surface area contributed by atoms with E-state index >= 15 is 0 Å². The lowest BCUT2D eigenvalue weighted by molar-refractivity contribution is 1.06. The first-order valence-corrected chi connectivity index (χ1v) is 10.1. The van der Waals surface area contributed by atoms with E-state index in [9.17, 15) is 0 Å². The van der Waals surface area contributed by atoms with Gasteiger partial charge in [0.15, 0.2) is 0 Å². The second-order valence-corrected chi connectivity index (χ2v) is 11.4. The van der Waals surface area contributed by atoms with E-state index in [2.05, 4.69) is 57.4 Å². The van der Waals surface area contributed by atoms with E-state index in [-0.39, 0.29) is 4.08 Å². The first-order valence-electron chi connectivity index (χ1n) is 4.97. The Morgan fingerprint density at radius 2 is 1.56 bits per heavy atom. The zero-order valence-electron chi connectivity index (χ0n) is 9.50. The third-order valence-corrected chi connectivity index (χ3v) is 7.67. The van der Waals surface area contributed by atoms with Crippen molar-refractivity contribution in [3.63, 3.8) is 0 Å². The van der Waals surface area contributed by atoms with Gasteiger partial charge in [0.05, 0.1) is 13.2 Å². The molecule has 2 unspecified atom stereocenters. The van der Waals surface area contributed by atoms with Crippen LogP contribution in [0.15, 0.2) is 0 Å². The van der Waals surface area contributed by atoms with Crippen molar-refractivity contribution < 1.29 is 0 Å². The second kappa shape index (κ2) is 10.3. The summed E-state index contributed by atoms with van der Waals surface area (Å²) in [5, 5.41) is 0. The average Bonchev–Trinajstić information content (AvgIpc) is 2.14. The molecule has 0 aliphatic rings. The van der Waals surface area contributed by atoms with E-state index in [0.29, 0.717) is 9.16 Å². The molecule has 0 bridgehead atoms. The second-order valence-electron chi connectivity index (χ2n) is 3.43. The maximum atomic E-state index is 4.54. The molecular formula is C9H20S7. The van der Waals surface area contributed by atoms with Crippen molar-refractivity contribution in [3.05, 3.63) is 0 Å². The SMILES string of the molecule is CCSC(S)CSCC(S)SCC(C)(S)S. The zero-order valence-corrected chi connectivity index (χ0v) is 15.5. The molecule has 0 heterocycles. The minimum Gasteiger partial charge on any atom is -0.164 e. The maximum Gasteiger partial charge on any atom is 0.0614 e. The molecule has 0 aromatic rings. The third-order valence-electron chi connectivity index (χ3n) is 1.43. The van der Waals surface area contributed by atoms with Gasteiger partial charge in [-0.2, -0.15) is 62.3 Å². The van der Waals surface area contributed by atoms with Crippen LogP contribution in [0, 0.1) is 0 Å². The summed E-state index contributed by atoms with van der Waals surface area (Å²) in [6.07, 6.45) is 0. The Balaban J connectivity index is 3.47. The van der Waals surface area contributed by atoms with Gasteiger partial charge in [0.2, 0.25) is 0 Å². The van der Waals surface area contributed by atoms with Crippen molar-refractivity contribution >= 4 is 85.8 Å². The maximum absolute atomic E-state index is 4.54. The molecule has 0 nitrogen and oxygen atoms in total. The van der Waals surface area contributed by atoms with Crippen molar-refractivity contribution in [2.24, 2.45) is 0 Å². The summed E-state index contributed by atoms with van der Waals surface area (Å²) < 4.78 is 0.594. The number of thiol groups is 4. The van der Waals surface area contributed by atoms with Gasteiger partial charge in [0.25, 0.3) is 0 Å². The molecule has 0 radical (unpaired) electrons. The van der Waals surface area contributed by atoms with Crippen LogP contribution in [0.1, 0.15) is 13.8 Å². The Bertz CT molecular complexity index is 168. The first kappa shape index (κ1) is 18.4. The van der Waals surface area contributed by atoms with Gasteiger partial charge in [-0.05, 0) is 12.7 Å². The molecule has 0 rings (SSSR count). The molecule has 0 N–H and O–H groups in total. The smallest absolute Gasteiger partial charge is 0.0614 e. The summed E-state index contributed by atoms with van der Waals surface area (Å²) in [6.45, 7) is 4.16. The summed E-state index contributed by atoms with van der Waals surface area (Å²) in [7, 11) is 0. The van der Waals surface area contributed by atoms with Gasteiger partial charge in [-0.15, -0.1) is 23.5 Å². The zero-order chi connectivity index (χ0) is 12.6. The first-order chi connectivity index (χ1) is 7.35. The van der Waals surface area contributed by atoms with Crippen LogP contribution in [0.25, 0.3) is 0 Å². The fourth-order valence-corrected chi connectivity index (χ4v) is 5.34. The molecule has 7 heteroatoms. The van der Waals surface area contributed by atoms with E-state index < -0.39 is 0 Å². The van der Waals surface area contributed by atoms with Crippen molar-refractivity contribution in [1.29, 1.82) is 0 Å². The van der Waals surface area contributed by atoms with Gasteiger partial charge in [-0.3, -0.25) is 0 Å². The normalized spacial score (nSPS) is 16.1. The van der Waals surface area contributed by atoms with Crippen molar-refractivity contribution in [1.82, 2.24) is 0 Å². The number of thioether (sulfide) groups is 3. The minimum atomic E-state index is -0.208. The number of hydrogen-bond acceptors (Lipinski definition) is 7. The van der Waals surface area contributed by atoms with Crippen LogP contribution < -0.4 is 0 Å². The Labute approximate surface area is 135 Å². The van der Waals surface area contributed by atoms with Crippen molar-refractivity contribution in [3.8, 4) is 0 Å². The Morgan fingerprint density at radius 3 is 2.00 bits per heavy atom. The Kier molecular flexibility index (Phi) is 11.8. The van der Waals surface area contributed by atoms with E-state index in [0.717, 1.165) is 23.0 Å². The van der Waals surface area contributed by atoms with E-state index in [1.54, 1.807) is 0 Å². The fourth-order valence-electron chi connectivity index (χ4n) is 0.812. The van der Waals surface area contributed by atoms with E-state index in [1.165, 1.54) is 0 Å². The summed E-state index contributed by atoms with van der Waals surface area (Å²) >= 11 is 23.4. The van der Waals surface area contributed by atoms with E-state index in [1.807, 2.05) is 42.2 Å². The average molecular weight is 353 g/mol. The van der Waals surface area contributed by atoms with Gasteiger partial charge >= 0.3 is 0 Å². The van der Waals surface area contributed by atoms with Crippen LogP contribution in [-0.2, 0) is 0 Å². The number of hydrogen-bond donors (Lipinski definition) is 4. The minimum absolute atomic E-state index is 0.208. The monoisotopic (exact) mass is 352 g/mol. The molecular weight excluding hydrogens is 333 g/mol. The molecule has 0 spiro atoms. The van der Waals surface area contributed by atoms with Crippen LogP contribution in [0.5, 0.6) is 0 Å². The molecule has 0 aliphatic carbocycles. The summed E-state index contributed by atoms with van der Waals surface area (Å²) in [6, 6.07) is 0. The standard InChI is InChI=1S/C9H20S7/c1-3-15-7(10)4-14-5-8(11)16-6-9(2,12)13/h7-8,10-13H,3-6H2,1-2H3. The lowest BCUT2D eigenvalue weighted by atomic mass is 10.5. The molecule has 16 heavy (non-hydrogen) atoms. The molecule has 0 saturated carbocycles. The molecule has 0 aromatic heterocycles. The molecule has 0 fully saturated rings. The molecule has 0 aromatic carbocycles. The van der Waals surface area contributed by atoms with Gasteiger partial charge in [-0.25, -0.2) is 0 Å². The largest absolute Gasteiger partial charge is 0.164 e. The van der Waals surface area contributed by atoms with Crippen LogP contribution in [0.3, 0.4) is 0 Å². The third kappa shape index (κ3) is 12.9. The van der Waals surface area contributed by atoms with Crippen LogP contribution in [0.4, 0.5) is 0 Å². The van der Waals surface area contributed by atoms with Gasteiger partial charge < -0.3 is 0 Å². The predicted molar refractivity (Wildman–Crippen MR) is 99.8 cm³/mol. The van der Waals surface area contributed by atoms with Crippen LogP contribution >= 0.6 is 85.8 Å². The molecule has 0 aliphatic heterocycles.